The van der Waals surface area contributed by atoms with Crippen LogP contribution in [0.3, 0.4) is 0 Å². The molecule has 0 aromatic carbocycles. The molecule has 0 saturated carbocycles. The molecule has 0 aliphatic carbocycles. The van der Waals surface area contributed by atoms with E-state index >= 15 is 0 Å². The van der Waals surface area contributed by atoms with Gasteiger partial charge in [0.2, 0.25) is 27.6 Å². The van der Waals surface area contributed by atoms with Gasteiger partial charge in [-0.1, -0.05) is 18.0 Å². The fraction of sp³-hybridized carbons (Fsp3) is 0.682. The molecule has 2 aliphatic heterocycles. The molecule has 0 bridgehead atoms. The van der Waals surface area contributed by atoms with E-state index in [2.05, 4.69) is 20.4 Å². The van der Waals surface area contributed by atoms with Gasteiger partial charge in [0.05, 0.1) is 9.77 Å². The lowest BCUT2D eigenvalue weighted by Gasteiger charge is -2.30. The van der Waals surface area contributed by atoms with Crippen molar-refractivity contribution in [1.29, 1.82) is 0 Å². The molecule has 0 unspecified atom stereocenters. The summed E-state index contributed by atoms with van der Waals surface area (Å²) in [5.41, 5.74) is 0. The molecule has 0 spiro atoms. The van der Waals surface area contributed by atoms with E-state index in [0.29, 0.717) is 53.9 Å². The second-order valence-electron chi connectivity index (χ2n) is 8.89. The Balaban J connectivity index is 1.30. The molecule has 33 heavy (non-hydrogen) atoms. The summed E-state index contributed by atoms with van der Waals surface area (Å²) in [6, 6.07) is 1.63. The SMILES string of the molecule is Cc1nc(-c2cc(S(=O)(=O)N3CCC(C(=O)NCCN4CCCCCC4)CC3)c(C)s2)no1. The van der Waals surface area contributed by atoms with Crippen LogP contribution in [0.5, 0.6) is 0 Å². The molecule has 2 aliphatic rings. The van der Waals surface area contributed by atoms with Crippen molar-refractivity contribution in [1.82, 2.24) is 24.7 Å². The zero-order chi connectivity index (χ0) is 23.4. The maximum atomic E-state index is 13.3. The number of hydrogen-bond acceptors (Lipinski definition) is 8. The van der Waals surface area contributed by atoms with Crippen molar-refractivity contribution >= 4 is 27.3 Å². The average Bonchev–Trinajstić information content (AvgIpc) is 3.31. The van der Waals surface area contributed by atoms with Crippen molar-refractivity contribution in [3.8, 4) is 10.7 Å². The molecule has 2 aromatic heterocycles. The molecular weight excluding hydrogens is 462 g/mol. The Kier molecular flexibility index (Phi) is 7.83. The summed E-state index contributed by atoms with van der Waals surface area (Å²) in [5, 5.41) is 6.96. The molecule has 1 amide bonds. The number of thiophene rings is 1. The van der Waals surface area contributed by atoms with Crippen LogP contribution in [-0.4, -0.2) is 72.9 Å². The molecule has 0 radical (unpaired) electrons. The number of piperidine rings is 1. The highest BCUT2D eigenvalue weighted by Gasteiger charge is 2.34. The fourth-order valence-electron chi connectivity index (χ4n) is 4.57. The molecule has 2 saturated heterocycles. The monoisotopic (exact) mass is 495 g/mol. The van der Waals surface area contributed by atoms with Gasteiger partial charge >= 0.3 is 0 Å². The van der Waals surface area contributed by atoms with Crippen LogP contribution >= 0.6 is 11.3 Å². The molecule has 0 atom stereocenters. The average molecular weight is 496 g/mol. The highest BCUT2D eigenvalue weighted by atomic mass is 32.2. The Hall–Kier alpha value is -1.82. The minimum absolute atomic E-state index is 0.0448. The van der Waals surface area contributed by atoms with Crippen LogP contribution in [0.4, 0.5) is 0 Å². The predicted molar refractivity (Wildman–Crippen MR) is 126 cm³/mol. The van der Waals surface area contributed by atoms with E-state index in [4.69, 9.17) is 4.52 Å². The quantitative estimate of drug-likeness (QED) is 0.629. The van der Waals surface area contributed by atoms with Crippen molar-refractivity contribution in [2.45, 2.75) is 57.3 Å². The number of rotatable bonds is 7. The lowest BCUT2D eigenvalue weighted by Crippen LogP contribution is -2.44. The van der Waals surface area contributed by atoms with Gasteiger partial charge in [0.25, 0.3) is 0 Å². The number of likely N-dealkylation sites (tertiary alicyclic amines) is 1. The van der Waals surface area contributed by atoms with Gasteiger partial charge in [-0.05, 0) is 51.8 Å². The number of nitrogens with one attached hydrogen (secondary N) is 1. The first-order valence-electron chi connectivity index (χ1n) is 11.8. The minimum atomic E-state index is -3.64. The van der Waals surface area contributed by atoms with Gasteiger partial charge in [-0.25, -0.2) is 8.42 Å². The third-order valence-corrected chi connectivity index (χ3v) is 9.69. The smallest absolute Gasteiger partial charge is 0.244 e. The van der Waals surface area contributed by atoms with Gasteiger partial charge in [0.15, 0.2) is 0 Å². The van der Waals surface area contributed by atoms with E-state index in [0.717, 1.165) is 19.6 Å². The normalized spacial score (nSPS) is 19.5. The van der Waals surface area contributed by atoms with Gasteiger partial charge in [-0.2, -0.15) is 9.29 Å². The van der Waals surface area contributed by atoms with Gasteiger partial charge in [0.1, 0.15) is 0 Å². The van der Waals surface area contributed by atoms with Gasteiger partial charge in [-0.3, -0.25) is 4.79 Å². The molecule has 9 nitrogen and oxygen atoms in total. The predicted octanol–water partition coefficient (Wildman–Crippen LogP) is 2.81. The van der Waals surface area contributed by atoms with Gasteiger partial charge in [0, 0.05) is 43.9 Å². The van der Waals surface area contributed by atoms with Gasteiger partial charge < -0.3 is 14.7 Å². The second-order valence-corrected chi connectivity index (χ2v) is 12.1. The van der Waals surface area contributed by atoms with Crippen molar-refractivity contribution < 1.29 is 17.7 Å². The summed E-state index contributed by atoms with van der Waals surface area (Å²) in [5.74, 6) is 0.746. The molecule has 182 valence electrons. The van der Waals surface area contributed by atoms with Crippen LogP contribution < -0.4 is 5.32 Å². The number of carbonyl (C=O) groups excluding carboxylic acids is 1. The maximum Gasteiger partial charge on any atom is 0.244 e. The zero-order valence-electron chi connectivity index (χ0n) is 19.4. The molecule has 1 N–H and O–H groups in total. The molecule has 2 aromatic rings. The van der Waals surface area contributed by atoms with Gasteiger partial charge in [-0.15, -0.1) is 11.3 Å². The van der Waals surface area contributed by atoms with Crippen LogP contribution in [0.2, 0.25) is 0 Å². The summed E-state index contributed by atoms with van der Waals surface area (Å²) in [4.78, 5) is 20.9. The van der Waals surface area contributed by atoms with E-state index in [1.54, 1.807) is 19.9 Å². The number of nitrogens with zero attached hydrogens (tertiary/aromatic N) is 4. The summed E-state index contributed by atoms with van der Waals surface area (Å²) in [6.07, 6.45) is 6.14. The van der Waals surface area contributed by atoms with E-state index in [1.807, 2.05) is 0 Å². The Morgan fingerprint density at radius 3 is 2.48 bits per heavy atom. The van der Waals surface area contributed by atoms with E-state index < -0.39 is 10.0 Å². The lowest BCUT2D eigenvalue weighted by atomic mass is 9.97. The van der Waals surface area contributed by atoms with Crippen LogP contribution in [0.1, 0.15) is 49.3 Å². The van der Waals surface area contributed by atoms with Crippen molar-refractivity contribution in [2.75, 3.05) is 39.3 Å². The standard InChI is InChI=1S/C22H33N5O4S2/c1-16-20(15-19(32-16)21-24-17(2)31-25-21)33(29,30)27-12-7-18(8-13-27)22(28)23-9-14-26-10-5-3-4-6-11-26/h15,18H,3-14H2,1-2H3,(H,23,28). The Morgan fingerprint density at radius 2 is 1.85 bits per heavy atom. The maximum absolute atomic E-state index is 13.3. The highest BCUT2D eigenvalue weighted by Crippen LogP contribution is 2.34. The third-order valence-electron chi connectivity index (χ3n) is 6.49. The first-order valence-corrected chi connectivity index (χ1v) is 14.0. The molecular formula is C22H33N5O4S2. The summed E-state index contributed by atoms with van der Waals surface area (Å²) in [7, 11) is -3.64. The van der Waals surface area contributed by atoms with Crippen molar-refractivity contribution in [2.24, 2.45) is 5.92 Å². The minimum Gasteiger partial charge on any atom is -0.355 e. The summed E-state index contributed by atoms with van der Waals surface area (Å²) in [6.45, 7) is 7.95. The second kappa shape index (κ2) is 10.6. The van der Waals surface area contributed by atoms with Crippen LogP contribution in [-0.2, 0) is 14.8 Å². The van der Waals surface area contributed by atoms with Crippen LogP contribution in [0.25, 0.3) is 10.7 Å². The molecule has 4 heterocycles. The zero-order valence-corrected chi connectivity index (χ0v) is 21.0. The number of amides is 1. The largest absolute Gasteiger partial charge is 0.355 e. The molecule has 11 heteroatoms. The lowest BCUT2D eigenvalue weighted by molar-refractivity contribution is -0.126. The first kappa shape index (κ1) is 24.3. The Labute approximate surface area is 199 Å². The Bertz CT molecular complexity index is 1050. The van der Waals surface area contributed by atoms with Crippen LogP contribution in [0.15, 0.2) is 15.5 Å². The van der Waals surface area contributed by atoms with E-state index in [-0.39, 0.29) is 16.7 Å². The summed E-state index contributed by atoms with van der Waals surface area (Å²) < 4.78 is 33.1. The third kappa shape index (κ3) is 5.82. The van der Waals surface area contributed by atoms with E-state index in [9.17, 15) is 13.2 Å². The first-order chi connectivity index (χ1) is 15.8. The number of aromatic nitrogens is 2. The number of carbonyl (C=O) groups is 1. The number of sulfonamides is 1. The highest BCUT2D eigenvalue weighted by molar-refractivity contribution is 7.89. The van der Waals surface area contributed by atoms with Crippen molar-refractivity contribution in [3.63, 3.8) is 0 Å². The fourth-order valence-corrected chi connectivity index (χ4v) is 7.53. The van der Waals surface area contributed by atoms with Crippen LogP contribution in [0, 0.1) is 19.8 Å². The Morgan fingerprint density at radius 1 is 1.15 bits per heavy atom. The number of hydrogen-bond donors (Lipinski definition) is 1. The van der Waals surface area contributed by atoms with E-state index in [1.165, 1.54) is 41.3 Å². The molecule has 2 fully saturated rings. The summed E-state index contributed by atoms with van der Waals surface area (Å²) >= 11 is 1.34. The topological polar surface area (TPSA) is 109 Å². The number of aryl methyl sites for hydroxylation is 2. The van der Waals surface area contributed by atoms with Crippen molar-refractivity contribution in [3.05, 3.63) is 16.8 Å². The molecule has 4 rings (SSSR count).